The summed E-state index contributed by atoms with van der Waals surface area (Å²) in [6, 6.07) is 2.33. The van der Waals surface area contributed by atoms with Gasteiger partial charge in [0.1, 0.15) is 17.1 Å². The Hall–Kier alpha value is -1.29. The summed E-state index contributed by atoms with van der Waals surface area (Å²) in [5.41, 5.74) is 1.01. The fourth-order valence-corrected chi connectivity index (χ4v) is 2.79. The molecule has 0 bridgehead atoms. The third-order valence-electron chi connectivity index (χ3n) is 4.28. The van der Waals surface area contributed by atoms with Gasteiger partial charge in [0.05, 0.1) is 13.7 Å². The van der Waals surface area contributed by atoms with Crippen LogP contribution in [0.15, 0.2) is 10.5 Å². The number of nitrogens with one attached hydrogen (secondary N) is 1. The summed E-state index contributed by atoms with van der Waals surface area (Å²) in [6.45, 7) is 7.13. The van der Waals surface area contributed by atoms with Crippen molar-refractivity contribution in [3.8, 4) is 0 Å². The lowest BCUT2D eigenvalue weighted by atomic mass is 9.75. The van der Waals surface area contributed by atoms with Crippen molar-refractivity contribution >= 4 is 5.97 Å². The van der Waals surface area contributed by atoms with E-state index in [2.05, 4.69) is 19.2 Å². The van der Waals surface area contributed by atoms with Crippen LogP contribution >= 0.6 is 0 Å². The SMILES string of the molecule is COC(=O)c1cc(CNC2CCC(C)(C)CC2)oc1C. The Kier molecular flexibility index (Phi) is 4.53. The molecular formula is C16H25NO3. The zero-order valence-corrected chi connectivity index (χ0v) is 12.9. The summed E-state index contributed by atoms with van der Waals surface area (Å²) in [5, 5.41) is 3.53. The van der Waals surface area contributed by atoms with Crippen LogP contribution in [0, 0.1) is 12.3 Å². The highest BCUT2D eigenvalue weighted by atomic mass is 16.5. The molecule has 1 heterocycles. The summed E-state index contributed by atoms with van der Waals surface area (Å²) < 4.78 is 10.3. The minimum Gasteiger partial charge on any atom is -0.465 e. The number of hydrogen-bond acceptors (Lipinski definition) is 4. The standard InChI is InChI=1S/C16H25NO3/c1-11-14(15(18)19-4)9-13(20-11)10-17-12-5-7-16(2,3)8-6-12/h9,12,17H,5-8,10H2,1-4H3. The van der Waals surface area contributed by atoms with Crippen molar-refractivity contribution in [2.24, 2.45) is 5.41 Å². The molecule has 112 valence electrons. The Morgan fingerprint density at radius 2 is 2.10 bits per heavy atom. The van der Waals surface area contributed by atoms with Gasteiger partial charge in [-0.25, -0.2) is 4.79 Å². The Morgan fingerprint density at radius 3 is 2.70 bits per heavy atom. The topological polar surface area (TPSA) is 51.5 Å². The van der Waals surface area contributed by atoms with Gasteiger partial charge in [0.2, 0.25) is 0 Å². The molecule has 20 heavy (non-hydrogen) atoms. The number of rotatable bonds is 4. The van der Waals surface area contributed by atoms with E-state index in [4.69, 9.17) is 9.15 Å². The minimum atomic E-state index is -0.336. The van der Waals surface area contributed by atoms with Crippen LogP contribution in [0.5, 0.6) is 0 Å². The van der Waals surface area contributed by atoms with Crippen LogP contribution in [0.1, 0.15) is 61.4 Å². The first kappa shape index (κ1) is 15.1. The molecule has 0 saturated heterocycles. The van der Waals surface area contributed by atoms with Crippen LogP contribution in [0.25, 0.3) is 0 Å². The van der Waals surface area contributed by atoms with Gasteiger partial charge in [-0.05, 0) is 44.1 Å². The first-order chi connectivity index (χ1) is 9.41. The van der Waals surface area contributed by atoms with E-state index in [1.165, 1.54) is 32.8 Å². The van der Waals surface area contributed by atoms with E-state index in [1.54, 1.807) is 13.0 Å². The number of aryl methyl sites for hydroxylation is 1. The quantitative estimate of drug-likeness (QED) is 0.858. The molecule has 0 aromatic carbocycles. The van der Waals surface area contributed by atoms with Gasteiger partial charge in [0, 0.05) is 6.04 Å². The average molecular weight is 279 g/mol. The highest BCUT2D eigenvalue weighted by molar-refractivity contribution is 5.90. The fraction of sp³-hybridized carbons (Fsp3) is 0.688. The Balaban J connectivity index is 1.87. The van der Waals surface area contributed by atoms with Crippen molar-refractivity contribution in [3.05, 3.63) is 23.2 Å². The van der Waals surface area contributed by atoms with Crippen molar-refractivity contribution in [1.29, 1.82) is 0 Å². The molecule has 1 aliphatic rings. The van der Waals surface area contributed by atoms with E-state index in [0.717, 1.165) is 5.76 Å². The second-order valence-electron chi connectivity index (χ2n) is 6.49. The van der Waals surface area contributed by atoms with Gasteiger partial charge in [0.25, 0.3) is 0 Å². The first-order valence-corrected chi connectivity index (χ1v) is 7.32. The molecule has 0 aliphatic heterocycles. The zero-order chi connectivity index (χ0) is 14.8. The normalized spacial score (nSPS) is 19.0. The molecule has 0 amide bonds. The number of ether oxygens (including phenoxy) is 1. The maximum Gasteiger partial charge on any atom is 0.341 e. The molecule has 0 unspecified atom stereocenters. The zero-order valence-electron chi connectivity index (χ0n) is 12.9. The molecule has 0 spiro atoms. The second-order valence-corrected chi connectivity index (χ2v) is 6.49. The second kappa shape index (κ2) is 6.00. The number of methoxy groups -OCH3 is 1. The summed E-state index contributed by atoms with van der Waals surface area (Å²) in [6.07, 6.45) is 4.93. The molecule has 1 aromatic rings. The van der Waals surface area contributed by atoms with Crippen LogP contribution in [-0.2, 0) is 11.3 Å². The third kappa shape index (κ3) is 3.63. The van der Waals surface area contributed by atoms with Crippen molar-refractivity contribution in [3.63, 3.8) is 0 Å². The molecule has 1 aromatic heterocycles. The lowest BCUT2D eigenvalue weighted by Crippen LogP contribution is -2.35. The smallest absolute Gasteiger partial charge is 0.341 e. The Bertz CT molecular complexity index is 466. The van der Waals surface area contributed by atoms with Crippen LogP contribution < -0.4 is 5.32 Å². The Morgan fingerprint density at radius 1 is 1.45 bits per heavy atom. The van der Waals surface area contributed by atoms with Gasteiger partial charge in [-0.15, -0.1) is 0 Å². The van der Waals surface area contributed by atoms with Crippen molar-refractivity contribution in [1.82, 2.24) is 5.32 Å². The van der Waals surface area contributed by atoms with Crippen molar-refractivity contribution in [2.45, 2.75) is 59.0 Å². The maximum atomic E-state index is 11.5. The molecule has 0 atom stereocenters. The molecule has 1 aliphatic carbocycles. The number of furan rings is 1. The fourth-order valence-electron chi connectivity index (χ4n) is 2.79. The van der Waals surface area contributed by atoms with E-state index in [0.29, 0.717) is 29.3 Å². The molecule has 1 N–H and O–H groups in total. The van der Waals surface area contributed by atoms with Gasteiger partial charge in [0.15, 0.2) is 0 Å². The highest BCUT2D eigenvalue weighted by Gasteiger charge is 2.26. The molecule has 4 nitrogen and oxygen atoms in total. The molecule has 2 rings (SSSR count). The highest BCUT2D eigenvalue weighted by Crippen LogP contribution is 2.35. The predicted molar refractivity (Wildman–Crippen MR) is 77.7 cm³/mol. The number of carbonyl (C=O) groups is 1. The summed E-state index contributed by atoms with van der Waals surface area (Å²) in [5.74, 6) is 1.09. The lowest BCUT2D eigenvalue weighted by Gasteiger charge is -2.34. The number of carbonyl (C=O) groups excluding carboxylic acids is 1. The largest absolute Gasteiger partial charge is 0.465 e. The molecule has 4 heteroatoms. The lowest BCUT2D eigenvalue weighted by molar-refractivity contribution is 0.0599. The van der Waals surface area contributed by atoms with Crippen LogP contribution in [0.4, 0.5) is 0 Å². The number of esters is 1. The van der Waals surface area contributed by atoms with Gasteiger partial charge in [-0.3, -0.25) is 0 Å². The van der Waals surface area contributed by atoms with E-state index in [-0.39, 0.29) is 5.97 Å². The monoisotopic (exact) mass is 279 g/mol. The van der Waals surface area contributed by atoms with Crippen LogP contribution in [0.3, 0.4) is 0 Å². The Labute approximate surface area is 120 Å². The van der Waals surface area contributed by atoms with Gasteiger partial charge < -0.3 is 14.5 Å². The van der Waals surface area contributed by atoms with Gasteiger partial charge >= 0.3 is 5.97 Å². The minimum absolute atomic E-state index is 0.336. The van der Waals surface area contributed by atoms with Crippen LogP contribution in [0.2, 0.25) is 0 Å². The summed E-state index contributed by atoms with van der Waals surface area (Å²) in [4.78, 5) is 11.5. The van der Waals surface area contributed by atoms with Crippen molar-refractivity contribution < 1.29 is 13.9 Å². The van der Waals surface area contributed by atoms with Crippen molar-refractivity contribution in [2.75, 3.05) is 7.11 Å². The average Bonchev–Trinajstić information content (AvgIpc) is 2.78. The van der Waals surface area contributed by atoms with Crippen LogP contribution in [-0.4, -0.2) is 19.1 Å². The first-order valence-electron chi connectivity index (χ1n) is 7.32. The number of hydrogen-bond donors (Lipinski definition) is 1. The molecule has 0 radical (unpaired) electrons. The molecule has 1 fully saturated rings. The predicted octanol–water partition coefficient (Wildman–Crippen LogP) is 3.43. The summed E-state index contributed by atoms with van der Waals surface area (Å²) in [7, 11) is 1.39. The molecule has 1 saturated carbocycles. The van der Waals surface area contributed by atoms with E-state index in [9.17, 15) is 4.79 Å². The van der Waals surface area contributed by atoms with Gasteiger partial charge in [-0.1, -0.05) is 13.8 Å². The molecular weight excluding hydrogens is 254 g/mol. The van der Waals surface area contributed by atoms with E-state index < -0.39 is 0 Å². The van der Waals surface area contributed by atoms with Gasteiger partial charge in [-0.2, -0.15) is 0 Å². The third-order valence-corrected chi connectivity index (χ3v) is 4.28. The van der Waals surface area contributed by atoms with E-state index >= 15 is 0 Å². The summed E-state index contributed by atoms with van der Waals surface area (Å²) >= 11 is 0. The maximum absolute atomic E-state index is 11.5. The van der Waals surface area contributed by atoms with E-state index in [1.807, 2.05) is 0 Å².